The van der Waals surface area contributed by atoms with E-state index >= 15 is 0 Å². The lowest BCUT2D eigenvalue weighted by Gasteiger charge is -2.40. The van der Waals surface area contributed by atoms with Crippen molar-refractivity contribution in [3.8, 4) is 11.5 Å². The van der Waals surface area contributed by atoms with Gasteiger partial charge >= 0.3 is 5.97 Å². The number of nitrogens with zero attached hydrogens (tertiary/aromatic N) is 1. The Labute approximate surface area is 217 Å². The second kappa shape index (κ2) is 9.89. The third kappa shape index (κ3) is 4.43. The molecule has 1 heterocycles. The molecule has 188 valence electrons. The van der Waals surface area contributed by atoms with E-state index in [1.54, 1.807) is 0 Å². The van der Waals surface area contributed by atoms with Crippen molar-refractivity contribution >= 4 is 16.9 Å². The molecule has 0 aliphatic heterocycles. The predicted molar refractivity (Wildman–Crippen MR) is 143 cm³/mol. The summed E-state index contributed by atoms with van der Waals surface area (Å²) in [6, 6.07) is 29.0. The van der Waals surface area contributed by atoms with Crippen molar-refractivity contribution in [1.82, 2.24) is 4.98 Å². The Bertz CT molecular complexity index is 1420. The van der Waals surface area contributed by atoms with Gasteiger partial charge in [-0.2, -0.15) is 0 Å². The molecule has 2 saturated carbocycles. The molecule has 0 radical (unpaired) electrons. The summed E-state index contributed by atoms with van der Waals surface area (Å²) in [6.07, 6.45) is 4.83. The fraction of sp³-hybridized carbons (Fsp3) is 0.312. The van der Waals surface area contributed by atoms with Crippen molar-refractivity contribution in [2.24, 2.45) is 11.8 Å². The molecule has 3 aromatic carbocycles. The average molecular weight is 494 g/mol. The van der Waals surface area contributed by atoms with E-state index in [9.17, 15) is 4.79 Å². The number of ether oxygens (including phenoxy) is 3. The largest absolute Gasteiger partial charge is 0.487 e. The van der Waals surface area contributed by atoms with E-state index < -0.39 is 5.97 Å². The van der Waals surface area contributed by atoms with Crippen LogP contribution in [-0.2, 0) is 21.6 Å². The van der Waals surface area contributed by atoms with Crippen molar-refractivity contribution in [3.63, 3.8) is 0 Å². The number of hydrogen-bond donors (Lipinski definition) is 0. The molecule has 3 atom stereocenters. The van der Waals surface area contributed by atoms with Gasteiger partial charge in [0.25, 0.3) is 0 Å². The highest BCUT2D eigenvalue weighted by atomic mass is 16.6. The highest BCUT2D eigenvalue weighted by Crippen LogP contribution is 2.61. The molecule has 1 aromatic heterocycles. The minimum Gasteiger partial charge on any atom is -0.487 e. The van der Waals surface area contributed by atoms with Crippen molar-refractivity contribution in [1.29, 1.82) is 0 Å². The van der Waals surface area contributed by atoms with E-state index in [4.69, 9.17) is 19.2 Å². The first-order valence-electron chi connectivity index (χ1n) is 13.0. The zero-order valence-corrected chi connectivity index (χ0v) is 21.1. The van der Waals surface area contributed by atoms with E-state index in [1.807, 2.05) is 36.4 Å². The van der Waals surface area contributed by atoms with Crippen molar-refractivity contribution < 1.29 is 19.0 Å². The summed E-state index contributed by atoms with van der Waals surface area (Å²) in [5, 5.41) is 1.10. The van der Waals surface area contributed by atoms with Crippen LogP contribution in [0.25, 0.3) is 10.9 Å². The Morgan fingerprint density at radius 2 is 1.78 bits per heavy atom. The maximum atomic E-state index is 12.0. The lowest BCUT2D eigenvalue weighted by Crippen LogP contribution is -2.34. The minimum absolute atomic E-state index is 0.131. The molecular formula is C32H31NO4. The van der Waals surface area contributed by atoms with Crippen LogP contribution in [0.5, 0.6) is 11.5 Å². The number of carbonyl (C=O) groups excluding carboxylic acids is 1. The second-order valence-electron chi connectivity index (χ2n) is 10.2. The van der Waals surface area contributed by atoms with Crippen LogP contribution in [0.3, 0.4) is 0 Å². The van der Waals surface area contributed by atoms with Crippen LogP contribution < -0.4 is 9.47 Å². The van der Waals surface area contributed by atoms with Crippen molar-refractivity contribution in [3.05, 3.63) is 102 Å². The van der Waals surface area contributed by atoms with Crippen LogP contribution >= 0.6 is 0 Å². The number of carbonyl (C=O) groups is 1. The molecule has 0 saturated heterocycles. The lowest BCUT2D eigenvalue weighted by atomic mass is 9.64. The van der Waals surface area contributed by atoms with Gasteiger partial charge in [-0.3, -0.25) is 0 Å². The van der Waals surface area contributed by atoms with Crippen LogP contribution in [0, 0.1) is 11.8 Å². The molecule has 37 heavy (non-hydrogen) atoms. The maximum absolute atomic E-state index is 12.0. The van der Waals surface area contributed by atoms with Crippen LogP contribution in [0.2, 0.25) is 0 Å². The number of methoxy groups -OCH3 is 1. The van der Waals surface area contributed by atoms with E-state index in [0.717, 1.165) is 28.6 Å². The number of esters is 1. The number of benzene rings is 3. The van der Waals surface area contributed by atoms with E-state index in [1.165, 1.54) is 31.9 Å². The number of hydrogen-bond acceptors (Lipinski definition) is 5. The summed E-state index contributed by atoms with van der Waals surface area (Å²) < 4.78 is 17.2. The smallest absolute Gasteiger partial charge is 0.343 e. The van der Waals surface area contributed by atoms with Gasteiger partial charge < -0.3 is 14.2 Å². The second-order valence-corrected chi connectivity index (χ2v) is 10.2. The van der Waals surface area contributed by atoms with E-state index in [-0.39, 0.29) is 12.0 Å². The van der Waals surface area contributed by atoms with Gasteiger partial charge in [0.2, 0.25) is 0 Å². The Morgan fingerprint density at radius 3 is 2.57 bits per heavy atom. The first-order valence-corrected chi connectivity index (χ1v) is 13.0. The zero-order valence-electron chi connectivity index (χ0n) is 21.1. The molecule has 5 heteroatoms. The molecule has 2 aliphatic carbocycles. The first kappa shape index (κ1) is 23.5. The van der Waals surface area contributed by atoms with Crippen LogP contribution in [-0.4, -0.2) is 24.7 Å². The highest BCUT2D eigenvalue weighted by molar-refractivity contribution is 5.78. The molecule has 0 N–H and O–H groups in total. The normalized spacial score (nSPS) is 22.2. The standard InChI is InChI=1S/C32H31NO4/c1-35-31(34)21-37-30-18-27(36-20-26-14-12-23-7-5-6-10-29(23)33-26)15-16-28(30)32(24-8-3-2-4-9-24)19-22-11-13-25(32)17-22/h2-10,12,14-16,18,22,25H,11,13,17,19-21H2,1H3. The predicted octanol–water partition coefficient (Wildman–Crippen LogP) is 6.47. The molecule has 0 spiro atoms. The molecule has 3 unspecified atom stereocenters. The van der Waals surface area contributed by atoms with Crippen LogP contribution in [0.1, 0.15) is 42.5 Å². The molecule has 2 aliphatic rings. The molecule has 0 amide bonds. The minimum atomic E-state index is -0.403. The Hall–Kier alpha value is -3.86. The van der Waals surface area contributed by atoms with Gasteiger partial charge in [-0.15, -0.1) is 0 Å². The van der Waals surface area contributed by atoms with Gasteiger partial charge in [0.1, 0.15) is 18.1 Å². The first-order chi connectivity index (χ1) is 18.2. The molecule has 6 rings (SSSR count). The summed E-state index contributed by atoms with van der Waals surface area (Å²) in [6.45, 7) is 0.202. The number of fused-ring (bicyclic) bond motifs is 3. The fourth-order valence-corrected chi connectivity index (χ4v) is 6.53. The number of pyridine rings is 1. The number of para-hydroxylation sites is 1. The number of rotatable bonds is 8. The number of aromatic nitrogens is 1. The molecule has 4 aromatic rings. The topological polar surface area (TPSA) is 57.7 Å². The van der Waals surface area contributed by atoms with Gasteiger partial charge in [0, 0.05) is 22.4 Å². The summed E-state index contributed by atoms with van der Waals surface area (Å²) in [4.78, 5) is 16.7. The molecular weight excluding hydrogens is 462 g/mol. The third-order valence-corrected chi connectivity index (χ3v) is 8.19. The summed E-state index contributed by atoms with van der Waals surface area (Å²) >= 11 is 0. The van der Waals surface area contributed by atoms with Crippen molar-refractivity contribution in [2.45, 2.75) is 37.7 Å². The van der Waals surface area contributed by atoms with Crippen LogP contribution in [0.15, 0.2) is 84.9 Å². The lowest BCUT2D eigenvalue weighted by molar-refractivity contribution is -0.142. The van der Waals surface area contributed by atoms with Gasteiger partial charge in [-0.05, 0) is 54.9 Å². The van der Waals surface area contributed by atoms with Crippen molar-refractivity contribution in [2.75, 3.05) is 13.7 Å². The maximum Gasteiger partial charge on any atom is 0.343 e. The summed E-state index contributed by atoms with van der Waals surface area (Å²) in [7, 11) is 1.38. The average Bonchev–Trinajstić information content (AvgIpc) is 3.58. The van der Waals surface area contributed by atoms with Gasteiger partial charge in [0.15, 0.2) is 6.61 Å². The SMILES string of the molecule is COC(=O)COc1cc(OCc2ccc3ccccc3n2)ccc1C1(c2ccccc2)CC2CCC1C2. The summed E-state index contributed by atoms with van der Waals surface area (Å²) in [5.41, 5.74) is 4.12. The quantitative estimate of drug-likeness (QED) is 0.263. The highest BCUT2D eigenvalue weighted by Gasteiger charge is 2.53. The molecule has 2 bridgehead atoms. The summed E-state index contributed by atoms with van der Waals surface area (Å²) in [5.74, 6) is 2.23. The van der Waals surface area contributed by atoms with E-state index in [0.29, 0.717) is 29.9 Å². The Morgan fingerprint density at radius 1 is 0.946 bits per heavy atom. The Kier molecular flexibility index (Phi) is 6.29. The van der Waals surface area contributed by atoms with E-state index in [2.05, 4.69) is 48.5 Å². The third-order valence-electron chi connectivity index (χ3n) is 8.19. The van der Waals surface area contributed by atoms with Gasteiger partial charge in [0.05, 0.1) is 18.3 Å². The Balaban J connectivity index is 1.34. The molecule has 2 fully saturated rings. The molecule has 5 nitrogen and oxygen atoms in total. The fourth-order valence-electron chi connectivity index (χ4n) is 6.53. The monoisotopic (exact) mass is 493 g/mol. The van der Waals surface area contributed by atoms with Gasteiger partial charge in [-0.25, -0.2) is 9.78 Å². The zero-order chi connectivity index (χ0) is 25.2. The van der Waals surface area contributed by atoms with Crippen LogP contribution in [0.4, 0.5) is 0 Å². The van der Waals surface area contributed by atoms with Gasteiger partial charge in [-0.1, -0.05) is 67.1 Å².